The molecule has 0 N–H and O–H groups in total. The molecule has 0 aliphatic heterocycles. The maximum absolute atomic E-state index is 13.2. The third-order valence-corrected chi connectivity index (χ3v) is 5.13. The van der Waals surface area contributed by atoms with Gasteiger partial charge >= 0.3 is 5.97 Å². The van der Waals surface area contributed by atoms with Gasteiger partial charge in [-0.1, -0.05) is 40.9 Å². The van der Waals surface area contributed by atoms with Gasteiger partial charge in [0.05, 0.1) is 22.6 Å². The van der Waals surface area contributed by atoms with Crippen LogP contribution in [0.25, 0.3) is 5.69 Å². The number of ether oxygens (including phenoxy) is 1. The number of nitrogens with zero attached hydrogens (tertiary/aromatic N) is 4. The van der Waals surface area contributed by atoms with Crippen LogP contribution in [0.4, 0.5) is 0 Å². The van der Waals surface area contributed by atoms with Crippen LogP contribution < -0.4 is 4.74 Å². The fourth-order valence-electron chi connectivity index (χ4n) is 2.88. The summed E-state index contributed by atoms with van der Waals surface area (Å²) in [7, 11) is 0. The lowest BCUT2D eigenvalue weighted by Crippen LogP contribution is -2.14. The minimum Gasteiger partial charge on any atom is -0.403 e. The third kappa shape index (κ3) is 3.57. The van der Waals surface area contributed by atoms with E-state index in [4.69, 9.17) is 4.74 Å². The monoisotopic (exact) mass is 404 g/mol. The van der Waals surface area contributed by atoms with Crippen LogP contribution in [-0.2, 0) is 0 Å². The van der Waals surface area contributed by atoms with E-state index in [1.165, 1.54) is 4.68 Å². The van der Waals surface area contributed by atoms with Crippen LogP contribution in [0.15, 0.2) is 60.7 Å². The van der Waals surface area contributed by atoms with Gasteiger partial charge in [-0.15, -0.1) is 5.10 Å². The summed E-state index contributed by atoms with van der Waals surface area (Å²) >= 11 is 1.00. The lowest BCUT2D eigenvalue weighted by molar-refractivity contribution is 0.0721. The van der Waals surface area contributed by atoms with E-state index in [-0.39, 0.29) is 17.2 Å². The van der Waals surface area contributed by atoms with Gasteiger partial charge in [0, 0.05) is 0 Å². The highest BCUT2D eigenvalue weighted by Crippen LogP contribution is 2.30. The van der Waals surface area contributed by atoms with Crippen molar-refractivity contribution in [3.63, 3.8) is 0 Å². The molecule has 144 valence electrons. The second kappa shape index (κ2) is 7.76. The number of hydrogen-bond acceptors (Lipinski definition) is 7. The van der Waals surface area contributed by atoms with E-state index in [1.54, 1.807) is 38.1 Å². The lowest BCUT2D eigenvalue weighted by atomic mass is 10.1. The van der Waals surface area contributed by atoms with Gasteiger partial charge in [-0.3, -0.25) is 4.79 Å². The zero-order valence-corrected chi connectivity index (χ0v) is 16.5. The van der Waals surface area contributed by atoms with Crippen LogP contribution in [-0.4, -0.2) is 31.1 Å². The van der Waals surface area contributed by atoms with Crippen LogP contribution in [0, 0.1) is 13.8 Å². The Morgan fingerprint density at radius 1 is 0.931 bits per heavy atom. The van der Waals surface area contributed by atoms with E-state index in [1.807, 2.05) is 36.4 Å². The molecule has 0 atom stereocenters. The quantitative estimate of drug-likeness (QED) is 0.372. The van der Waals surface area contributed by atoms with Crippen molar-refractivity contribution in [2.24, 2.45) is 0 Å². The van der Waals surface area contributed by atoms with E-state index >= 15 is 0 Å². The van der Waals surface area contributed by atoms with Crippen LogP contribution >= 0.6 is 11.5 Å². The Kier molecular flexibility index (Phi) is 5.01. The third-order valence-electron chi connectivity index (χ3n) is 4.30. The van der Waals surface area contributed by atoms with Crippen molar-refractivity contribution in [1.82, 2.24) is 19.4 Å². The first-order valence-electron chi connectivity index (χ1n) is 8.82. The number of ketones is 1. The highest BCUT2D eigenvalue weighted by atomic mass is 32.1. The molecule has 0 amide bonds. The summed E-state index contributed by atoms with van der Waals surface area (Å²) in [6.45, 7) is 3.42. The zero-order valence-electron chi connectivity index (χ0n) is 15.7. The summed E-state index contributed by atoms with van der Waals surface area (Å²) in [6, 6.07) is 17.8. The van der Waals surface area contributed by atoms with E-state index in [0.29, 0.717) is 27.5 Å². The molecule has 4 aromatic rings. The first kappa shape index (κ1) is 18.7. The number of para-hydroxylation sites is 1. The van der Waals surface area contributed by atoms with Crippen molar-refractivity contribution in [3.05, 3.63) is 88.1 Å². The lowest BCUT2D eigenvalue weighted by Gasteiger charge is -2.10. The van der Waals surface area contributed by atoms with E-state index in [0.717, 1.165) is 11.5 Å². The first-order valence-corrected chi connectivity index (χ1v) is 9.59. The maximum Gasteiger partial charge on any atom is 0.344 e. The SMILES string of the molecule is Cc1nnsc1C(=O)c1c(C)nn(-c2ccccc2)c1OC(=O)c1ccccc1. The Bertz CT molecular complexity index is 1180. The molecule has 2 aromatic heterocycles. The predicted molar refractivity (Wildman–Crippen MR) is 108 cm³/mol. The Morgan fingerprint density at radius 2 is 1.59 bits per heavy atom. The molecule has 4 rings (SSSR count). The summed E-state index contributed by atoms with van der Waals surface area (Å²) in [6.07, 6.45) is 0. The van der Waals surface area contributed by atoms with Gasteiger partial charge in [-0.05, 0) is 49.6 Å². The second-order valence-corrected chi connectivity index (χ2v) is 7.04. The zero-order chi connectivity index (χ0) is 20.4. The van der Waals surface area contributed by atoms with Crippen LogP contribution in [0.5, 0.6) is 5.88 Å². The largest absolute Gasteiger partial charge is 0.403 e. The van der Waals surface area contributed by atoms with Gasteiger partial charge in [0.2, 0.25) is 11.7 Å². The highest BCUT2D eigenvalue weighted by molar-refractivity contribution is 7.08. The molecule has 0 bridgehead atoms. The molecule has 0 spiro atoms. The Labute approximate surface area is 170 Å². The van der Waals surface area contributed by atoms with Crippen molar-refractivity contribution in [1.29, 1.82) is 0 Å². The molecule has 2 aromatic carbocycles. The highest BCUT2D eigenvalue weighted by Gasteiger charge is 2.29. The van der Waals surface area contributed by atoms with Crippen LogP contribution in [0.2, 0.25) is 0 Å². The molecule has 0 aliphatic carbocycles. The number of carbonyl (C=O) groups is 2. The fraction of sp³-hybridized carbons (Fsp3) is 0.0952. The summed E-state index contributed by atoms with van der Waals surface area (Å²) in [4.78, 5) is 26.3. The minimum absolute atomic E-state index is 0.0698. The average Bonchev–Trinajstić information content (AvgIpc) is 3.32. The van der Waals surface area contributed by atoms with E-state index in [2.05, 4.69) is 14.7 Å². The van der Waals surface area contributed by atoms with Crippen LogP contribution in [0.1, 0.15) is 37.0 Å². The number of esters is 1. The molecule has 7 nitrogen and oxygen atoms in total. The molecule has 8 heteroatoms. The molecular weight excluding hydrogens is 388 g/mol. The molecule has 0 unspecified atom stereocenters. The molecule has 0 fully saturated rings. The number of rotatable bonds is 5. The topological polar surface area (TPSA) is 87.0 Å². The van der Waals surface area contributed by atoms with Crippen molar-refractivity contribution in [2.75, 3.05) is 0 Å². The molecule has 0 aliphatic rings. The standard InChI is InChI=1S/C21H16N4O3S/c1-13-17(18(26)19-14(2)22-24-29-19)20(25(23-13)16-11-7-4-8-12-16)28-21(27)15-9-5-3-6-10-15/h3-12H,1-2H3. The number of aryl methyl sites for hydroxylation is 2. The van der Waals surface area contributed by atoms with Crippen LogP contribution in [0.3, 0.4) is 0 Å². The molecule has 2 heterocycles. The first-order chi connectivity index (χ1) is 14.1. The van der Waals surface area contributed by atoms with E-state index < -0.39 is 5.97 Å². The molecular formula is C21H16N4O3S. The minimum atomic E-state index is -0.573. The Morgan fingerprint density at radius 3 is 2.21 bits per heavy atom. The number of aromatic nitrogens is 4. The Hall–Kier alpha value is -3.65. The summed E-state index contributed by atoms with van der Waals surface area (Å²) in [5, 5.41) is 8.38. The van der Waals surface area contributed by atoms with Crippen molar-refractivity contribution in [3.8, 4) is 11.6 Å². The van der Waals surface area contributed by atoms with Gasteiger partial charge in [0.15, 0.2) is 0 Å². The average molecular weight is 404 g/mol. The smallest absolute Gasteiger partial charge is 0.344 e. The van der Waals surface area contributed by atoms with Crippen molar-refractivity contribution >= 4 is 23.3 Å². The van der Waals surface area contributed by atoms with Gasteiger partial charge in [0.25, 0.3) is 0 Å². The molecule has 0 radical (unpaired) electrons. The van der Waals surface area contributed by atoms with Gasteiger partial charge in [0.1, 0.15) is 10.4 Å². The summed E-state index contributed by atoms with van der Waals surface area (Å²) < 4.78 is 11.0. The molecule has 0 saturated carbocycles. The Balaban J connectivity index is 1.85. The van der Waals surface area contributed by atoms with E-state index in [9.17, 15) is 9.59 Å². The van der Waals surface area contributed by atoms with Gasteiger partial charge < -0.3 is 4.74 Å². The number of carbonyl (C=O) groups excluding carboxylic acids is 2. The fourth-order valence-corrected chi connectivity index (χ4v) is 3.48. The summed E-state index contributed by atoms with van der Waals surface area (Å²) in [5.41, 5.74) is 2.23. The van der Waals surface area contributed by atoms with Crippen molar-refractivity contribution < 1.29 is 14.3 Å². The molecule has 29 heavy (non-hydrogen) atoms. The normalized spacial score (nSPS) is 10.7. The van der Waals surface area contributed by atoms with Crippen molar-refractivity contribution in [2.45, 2.75) is 13.8 Å². The predicted octanol–water partition coefficient (Wildman–Crippen LogP) is 3.79. The molecule has 0 saturated heterocycles. The number of hydrogen-bond donors (Lipinski definition) is 0. The van der Waals surface area contributed by atoms with Gasteiger partial charge in [-0.25, -0.2) is 4.79 Å². The maximum atomic E-state index is 13.2. The van der Waals surface area contributed by atoms with Gasteiger partial charge in [-0.2, -0.15) is 9.78 Å². The second-order valence-electron chi connectivity index (χ2n) is 6.29. The summed E-state index contributed by atoms with van der Waals surface area (Å²) in [5.74, 6) is -0.829. The number of benzene rings is 2.